The van der Waals surface area contributed by atoms with Gasteiger partial charge in [-0.15, -0.1) is 0 Å². The molecule has 1 aromatic rings. The molecule has 134 valence electrons. The van der Waals surface area contributed by atoms with Crippen LogP contribution in [0.1, 0.15) is 31.6 Å². The van der Waals surface area contributed by atoms with Gasteiger partial charge in [-0.05, 0) is 42.2 Å². The van der Waals surface area contributed by atoms with Crippen molar-refractivity contribution in [3.63, 3.8) is 0 Å². The average Bonchev–Trinajstić information content (AvgIpc) is 2.56. The van der Waals surface area contributed by atoms with Gasteiger partial charge in [0.1, 0.15) is 12.9 Å². The Morgan fingerprint density at radius 2 is 2.12 bits per heavy atom. The predicted octanol–water partition coefficient (Wildman–Crippen LogP) is 1.61. The van der Waals surface area contributed by atoms with E-state index in [-0.39, 0.29) is 30.3 Å². The number of Topliss-reactive ketones (excluding diaryl/α,β-unsaturated/α-hetero) is 1. The zero-order chi connectivity index (χ0) is 17.9. The van der Waals surface area contributed by atoms with Crippen LogP contribution in [0.5, 0.6) is 5.75 Å². The van der Waals surface area contributed by atoms with Gasteiger partial charge in [0.15, 0.2) is 11.5 Å². The first kappa shape index (κ1) is 19.1. The summed E-state index contributed by atoms with van der Waals surface area (Å²) in [5.41, 5.74) is 5.11. The molecule has 2 N–H and O–H groups in total. The molecular formula is C16H23BrN2O5. The lowest BCUT2D eigenvalue weighted by Crippen LogP contribution is -2.45. The molecule has 0 saturated carbocycles. The van der Waals surface area contributed by atoms with Crippen LogP contribution in [-0.4, -0.2) is 37.9 Å². The fourth-order valence-corrected chi connectivity index (χ4v) is 3.57. The Kier molecular flexibility index (Phi) is 6.19. The van der Waals surface area contributed by atoms with Gasteiger partial charge in [0.05, 0.1) is 29.2 Å². The van der Waals surface area contributed by atoms with Gasteiger partial charge in [-0.2, -0.15) is 0 Å². The number of ether oxygens (including phenoxy) is 3. The zero-order valence-corrected chi connectivity index (χ0v) is 15.7. The van der Waals surface area contributed by atoms with Gasteiger partial charge in [-0.25, -0.2) is 0 Å². The predicted molar refractivity (Wildman–Crippen MR) is 92.1 cm³/mol. The van der Waals surface area contributed by atoms with Gasteiger partial charge in [0.25, 0.3) is 0 Å². The molecule has 24 heavy (non-hydrogen) atoms. The number of hydrogen-bond acceptors (Lipinski definition) is 6. The molecule has 8 heteroatoms. The first-order chi connectivity index (χ1) is 11.4. The van der Waals surface area contributed by atoms with E-state index >= 15 is 0 Å². The Balaban J connectivity index is 2.64. The Morgan fingerprint density at radius 3 is 2.71 bits per heavy atom. The summed E-state index contributed by atoms with van der Waals surface area (Å²) in [7, 11) is 2.94. The third kappa shape index (κ3) is 3.28. The van der Waals surface area contributed by atoms with Crippen molar-refractivity contribution >= 4 is 21.7 Å². The molecule has 7 nitrogen and oxygen atoms in total. The van der Waals surface area contributed by atoms with Crippen LogP contribution in [0.15, 0.2) is 15.5 Å². The summed E-state index contributed by atoms with van der Waals surface area (Å²) in [6, 6.07) is 0. The minimum absolute atomic E-state index is 0.00354. The van der Waals surface area contributed by atoms with E-state index in [1.807, 2.05) is 6.92 Å². The summed E-state index contributed by atoms with van der Waals surface area (Å²) in [5, 5.41) is 0. The van der Waals surface area contributed by atoms with E-state index in [0.29, 0.717) is 29.6 Å². The summed E-state index contributed by atoms with van der Waals surface area (Å²) in [6.07, 6.45) is 2.19. The molecule has 0 saturated heterocycles. The fraction of sp³-hybridized carbons (Fsp3) is 0.625. The van der Waals surface area contributed by atoms with E-state index in [2.05, 4.69) is 15.9 Å². The number of rotatable bonds is 7. The number of aromatic nitrogens is 1. The van der Waals surface area contributed by atoms with Gasteiger partial charge in [-0.1, -0.05) is 0 Å². The van der Waals surface area contributed by atoms with E-state index in [1.165, 1.54) is 14.2 Å². The highest BCUT2D eigenvalue weighted by Crippen LogP contribution is 2.47. The number of nitrogens with two attached hydrogens (primary N) is 1. The molecule has 0 bridgehead atoms. The highest BCUT2D eigenvalue weighted by atomic mass is 79.9. The van der Waals surface area contributed by atoms with Gasteiger partial charge >= 0.3 is 0 Å². The van der Waals surface area contributed by atoms with E-state index in [9.17, 15) is 9.59 Å². The van der Waals surface area contributed by atoms with Crippen LogP contribution in [0.3, 0.4) is 0 Å². The Morgan fingerprint density at radius 1 is 1.42 bits per heavy atom. The number of nitrogens with zero attached hydrogens (tertiary/aromatic N) is 1. The summed E-state index contributed by atoms with van der Waals surface area (Å²) >= 11 is 3.22. The third-order valence-corrected chi connectivity index (χ3v) is 5.03. The van der Waals surface area contributed by atoms with Crippen LogP contribution in [0, 0.1) is 5.41 Å². The Labute approximate surface area is 149 Å². The van der Waals surface area contributed by atoms with Crippen LogP contribution in [-0.2, 0) is 20.8 Å². The van der Waals surface area contributed by atoms with Crippen molar-refractivity contribution < 1.29 is 19.0 Å². The van der Waals surface area contributed by atoms with Crippen molar-refractivity contribution in [1.29, 1.82) is 0 Å². The second-order valence-electron chi connectivity index (χ2n) is 6.04. The molecule has 2 atom stereocenters. The van der Waals surface area contributed by atoms with Crippen molar-refractivity contribution in [2.45, 2.75) is 32.4 Å². The molecule has 0 amide bonds. The third-order valence-electron chi connectivity index (χ3n) is 4.47. The highest BCUT2D eigenvalue weighted by molar-refractivity contribution is 9.10. The van der Waals surface area contributed by atoms with Crippen molar-refractivity contribution in [3.05, 3.63) is 26.6 Å². The van der Waals surface area contributed by atoms with Gasteiger partial charge in [0, 0.05) is 13.3 Å². The summed E-state index contributed by atoms with van der Waals surface area (Å²) in [4.78, 5) is 25.3. The molecule has 1 aromatic heterocycles. The number of fused-ring (bicyclic) bond motifs is 1. The lowest BCUT2D eigenvalue weighted by atomic mass is 9.72. The number of hydrogen-bond donors (Lipinski definition) is 1. The van der Waals surface area contributed by atoms with Crippen LogP contribution in [0.2, 0.25) is 0 Å². The molecule has 0 spiro atoms. The molecule has 0 radical (unpaired) electrons. The maximum absolute atomic E-state index is 12.8. The molecule has 0 aromatic carbocycles. The van der Waals surface area contributed by atoms with Crippen molar-refractivity contribution in [1.82, 2.24) is 4.57 Å². The van der Waals surface area contributed by atoms with Gasteiger partial charge < -0.3 is 24.5 Å². The molecular weight excluding hydrogens is 380 g/mol. The van der Waals surface area contributed by atoms with Crippen LogP contribution < -0.4 is 15.9 Å². The first-order valence-corrected chi connectivity index (χ1v) is 8.50. The SMILES string of the molecule is COCOC1c2c(OC)c(=O)c(Br)cn2CC(=O)C1(C)CCCN. The standard InChI is InChI=1S/C16H23BrN2O5/c1-16(5-4-6-18)11(20)8-19-7-10(17)13(21)14(23-3)12(19)15(16)24-9-22-2/h7,15H,4-6,8-9,18H2,1-3H3. The quantitative estimate of drug-likeness (QED) is 0.696. The average molecular weight is 403 g/mol. The summed E-state index contributed by atoms with van der Waals surface area (Å²) in [5.74, 6) is 0.208. The van der Waals surface area contributed by atoms with Gasteiger partial charge in [0.2, 0.25) is 5.43 Å². The number of pyridine rings is 1. The van der Waals surface area contributed by atoms with E-state index < -0.39 is 11.5 Å². The molecule has 0 fully saturated rings. The van der Waals surface area contributed by atoms with E-state index in [0.717, 1.165) is 0 Å². The highest BCUT2D eigenvalue weighted by Gasteiger charge is 2.48. The minimum atomic E-state index is -0.800. The molecule has 1 aliphatic heterocycles. The Bertz CT molecular complexity index is 675. The first-order valence-electron chi connectivity index (χ1n) is 7.71. The number of ketones is 1. The normalized spacial score (nSPS) is 23.2. The molecule has 2 heterocycles. The molecule has 2 unspecified atom stereocenters. The lowest BCUT2D eigenvalue weighted by molar-refractivity contribution is -0.158. The second kappa shape index (κ2) is 7.77. The summed E-state index contributed by atoms with van der Waals surface area (Å²) < 4.78 is 18.3. The van der Waals surface area contributed by atoms with E-state index in [1.54, 1.807) is 10.8 Å². The van der Waals surface area contributed by atoms with E-state index in [4.69, 9.17) is 19.9 Å². The zero-order valence-electron chi connectivity index (χ0n) is 14.1. The molecule has 2 rings (SSSR count). The van der Waals surface area contributed by atoms with Crippen molar-refractivity contribution in [3.8, 4) is 5.75 Å². The van der Waals surface area contributed by atoms with Crippen LogP contribution in [0.25, 0.3) is 0 Å². The number of halogens is 1. The number of carbonyl (C=O) groups excluding carboxylic acids is 1. The van der Waals surface area contributed by atoms with Gasteiger partial charge in [-0.3, -0.25) is 9.59 Å². The topological polar surface area (TPSA) is 92.8 Å². The minimum Gasteiger partial charge on any atom is -0.491 e. The van der Waals surface area contributed by atoms with Crippen LogP contribution in [0.4, 0.5) is 0 Å². The van der Waals surface area contributed by atoms with Crippen molar-refractivity contribution in [2.24, 2.45) is 11.1 Å². The number of methoxy groups -OCH3 is 2. The van der Waals surface area contributed by atoms with Crippen LogP contribution >= 0.6 is 15.9 Å². The fourth-order valence-electron chi connectivity index (χ4n) is 3.14. The van der Waals surface area contributed by atoms with Crippen molar-refractivity contribution in [2.75, 3.05) is 27.6 Å². The molecule has 1 aliphatic rings. The number of carbonyl (C=O) groups is 1. The lowest BCUT2D eigenvalue weighted by Gasteiger charge is -2.42. The monoisotopic (exact) mass is 402 g/mol. The largest absolute Gasteiger partial charge is 0.491 e. The maximum Gasteiger partial charge on any atom is 0.237 e. The smallest absolute Gasteiger partial charge is 0.237 e. The summed E-state index contributed by atoms with van der Waals surface area (Å²) in [6.45, 7) is 2.48. The maximum atomic E-state index is 12.8. The molecule has 0 aliphatic carbocycles. The Hall–Kier alpha value is -1.22. The second-order valence-corrected chi connectivity index (χ2v) is 6.89.